The van der Waals surface area contributed by atoms with Gasteiger partial charge in [0.15, 0.2) is 5.69 Å². The van der Waals surface area contributed by atoms with Crippen LogP contribution in [0.4, 0.5) is 5.69 Å². The van der Waals surface area contributed by atoms with Crippen molar-refractivity contribution in [1.82, 2.24) is 40.4 Å². The molecule has 2 bridgehead atoms. The lowest BCUT2D eigenvalue weighted by molar-refractivity contribution is -0.144. The van der Waals surface area contributed by atoms with Crippen molar-refractivity contribution in [2.24, 2.45) is 0 Å². The number of aromatic amines is 1. The molecule has 258 valence electrons. The van der Waals surface area contributed by atoms with Crippen molar-refractivity contribution in [3.63, 3.8) is 0 Å². The zero-order valence-electron chi connectivity index (χ0n) is 27.4. The topological polar surface area (TPSA) is 193 Å². The van der Waals surface area contributed by atoms with Crippen LogP contribution in [0, 0.1) is 11.3 Å². The van der Waals surface area contributed by atoms with Gasteiger partial charge in [0.2, 0.25) is 11.8 Å². The molecule has 2 atom stereocenters. The fourth-order valence-corrected chi connectivity index (χ4v) is 6.22. The van der Waals surface area contributed by atoms with Crippen LogP contribution >= 0.6 is 11.6 Å². The largest absolute Gasteiger partial charge is 0.469 e. The van der Waals surface area contributed by atoms with Crippen LogP contribution in [0.5, 0.6) is 0 Å². The Morgan fingerprint density at radius 2 is 1.96 bits per heavy atom. The lowest BCUT2D eigenvalue weighted by Gasteiger charge is -2.40. The Morgan fingerprint density at radius 3 is 2.70 bits per heavy atom. The third kappa shape index (κ3) is 7.66. The Labute approximate surface area is 292 Å². The molecule has 2 aromatic carbocycles. The van der Waals surface area contributed by atoms with Crippen LogP contribution in [-0.2, 0) is 30.3 Å². The number of nitrogens with one attached hydrogen (secondary N) is 3. The van der Waals surface area contributed by atoms with Crippen LogP contribution in [0.25, 0.3) is 23.0 Å². The van der Waals surface area contributed by atoms with E-state index in [1.54, 1.807) is 54.5 Å². The third-order valence-electron chi connectivity index (χ3n) is 8.76. The average molecular weight is 699 g/mol. The molecule has 1 saturated heterocycles. The van der Waals surface area contributed by atoms with Crippen molar-refractivity contribution < 1.29 is 23.9 Å². The highest BCUT2D eigenvalue weighted by molar-refractivity contribution is 6.30. The van der Waals surface area contributed by atoms with Crippen molar-refractivity contribution in [1.29, 1.82) is 5.26 Å². The number of hydrogen-bond acceptors (Lipinski definition) is 11. The standard InChI is InChI=1S/C34H35ClN10O5/c1-49-23-17-44(18-23)34(48)26-6-4-3-5-25(39-30(46)12-8-21-15-22(35)9-11-29(21)45-19-37-42-43-45)33-40-28(16-36)32(41-33)24-10-7-20(13-27(24)38-26)14-31(47)50-2/h7-13,15,19,23,25-26,38H,3-6,14,17-18H2,1-2H3,(H,39,46)(H,40,41)/b12-8+/t25-,26+/m0/s1. The summed E-state index contributed by atoms with van der Waals surface area (Å²) in [6, 6.07) is 11.5. The summed E-state index contributed by atoms with van der Waals surface area (Å²) in [6.45, 7) is 0.999. The predicted molar refractivity (Wildman–Crippen MR) is 182 cm³/mol. The molecule has 2 aromatic heterocycles. The first kappa shape index (κ1) is 34.3. The average Bonchev–Trinajstić information content (AvgIpc) is 3.78. The molecule has 0 saturated carbocycles. The van der Waals surface area contributed by atoms with Crippen molar-refractivity contribution in [3.05, 3.63) is 76.5 Å². The number of carbonyl (C=O) groups is 3. The summed E-state index contributed by atoms with van der Waals surface area (Å²) in [4.78, 5) is 48.9. The number of hydrogen-bond donors (Lipinski definition) is 3. The van der Waals surface area contributed by atoms with Crippen LogP contribution in [-0.4, -0.2) is 92.3 Å². The van der Waals surface area contributed by atoms with E-state index in [9.17, 15) is 19.6 Å². The fraction of sp³-hybridized carbons (Fsp3) is 0.353. The quantitative estimate of drug-likeness (QED) is 0.180. The van der Waals surface area contributed by atoms with Crippen LogP contribution < -0.4 is 10.6 Å². The second kappa shape index (κ2) is 15.3. The van der Waals surface area contributed by atoms with E-state index < -0.39 is 24.0 Å². The summed E-state index contributed by atoms with van der Waals surface area (Å²) in [6.07, 6.45) is 6.77. The maximum absolute atomic E-state index is 13.7. The molecule has 2 aliphatic rings. The highest BCUT2D eigenvalue weighted by atomic mass is 35.5. The maximum Gasteiger partial charge on any atom is 0.309 e. The summed E-state index contributed by atoms with van der Waals surface area (Å²) in [5, 5.41) is 28.4. The molecule has 0 unspecified atom stereocenters. The minimum atomic E-state index is -0.588. The van der Waals surface area contributed by atoms with Gasteiger partial charge in [-0.15, -0.1) is 5.10 Å². The Kier molecular flexibility index (Phi) is 10.5. The predicted octanol–water partition coefficient (Wildman–Crippen LogP) is 3.38. The molecule has 2 amide bonds. The summed E-state index contributed by atoms with van der Waals surface area (Å²) in [5.74, 6) is -0.454. The van der Waals surface area contributed by atoms with Crippen molar-refractivity contribution in [2.75, 3.05) is 32.6 Å². The van der Waals surface area contributed by atoms with E-state index in [1.807, 2.05) is 0 Å². The van der Waals surface area contributed by atoms with Gasteiger partial charge in [-0.05, 0) is 59.2 Å². The van der Waals surface area contributed by atoms with Gasteiger partial charge in [-0.25, -0.2) is 4.98 Å². The van der Waals surface area contributed by atoms with Crippen LogP contribution in [0.3, 0.4) is 0 Å². The summed E-state index contributed by atoms with van der Waals surface area (Å²) < 4.78 is 11.7. The first-order chi connectivity index (χ1) is 24.3. The van der Waals surface area contributed by atoms with Gasteiger partial charge in [-0.1, -0.05) is 36.6 Å². The molecule has 2 aliphatic heterocycles. The van der Waals surface area contributed by atoms with E-state index in [4.69, 9.17) is 21.1 Å². The maximum atomic E-state index is 13.7. The van der Waals surface area contributed by atoms with Gasteiger partial charge in [0.05, 0.1) is 37.1 Å². The second-order valence-corrected chi connectivity index (χ2v) is 12.5. The highest BCUT2D eigenvalue weighted by Gasteiger charge is 2.35. The molecule has 3 N–H and O–H groups in total. The van der Waals surface area contributed by atoms with Gasteiger partial charge < -0.3 is 30.0 Å². The van der Waals surface area contributed by atoms with Gasteiger partial charge in [0.25, 0.3) is 0 Å². The number of fused-ring (bicyclic) bond motifs is 4. The SMILES string of the molecule is COC(=O)Cc1ccc2c(c1)N[C@@H](C(=O)N1CC(OC)C1)CCCC[C@H](NC(=O)/C=C/c1cc(Cl)ccc1-n1cnnn1)c1nc(C#N)c-2[nH]1. The Balaban J connectivity index is 1.31. The lowest BCUT2D eigenvalue weighted by atomic mass is 9.99. The number of methoxy groups -OCH3 is 2. The van der Waals surface area contributed by atoms with E-state index in [-0.39, 0.29) is 24.1 Å². The number of ether oxygens (including phenoxy) is 2. The second-order valence-electron chi connectivity index (χ2n) is 12.0. The molecular formula is C34H35ClN10O5. The van der Waals surface area contributed by atoms with Crippen molar-refractivity contribution in [3.8, 4) is 23.0 Å². The number of H-pyrrole nitrogens is 1. The summed E-state index contributed by atoms with van der Waals surface area (Å²) in [5.41, 5.74) is 3.61. The molecule has 1 fully saturated rings. The minimum Gasteiger partial charge on any atom is -0.469 e. The number of anilines is 1. The monoisotopic (exact) mass is 698 g/mol. The number of imidazole rings is 1. The van der Waals surface area contributed by atoms with E-state index >= 15 is 0 Å². The van der Waals surface area contributed by atoms with Gasteiger partial charge in [0.1, 0.15) is 24.3 Å². The number of amides is 2. The van der Waals surface area contributed by atoms with E-state index in [1.165, 1.54) is 24.2 Å². The van der Waals surface area contributed by atoms with E-state index in [0.717, 1.165) is 0 Å². The zero-order chi connectivity index (χ0) is 35.2. The van der Waals surface area contributed by atoms with Gasteiger partial charge in [0, 0.05) is 48.1 Å². The molecule has 4 aromatic rings. The minimum absolute atomic E-state index is 0.00537. The Hall–Kier alpha value is -5.59. The van der Waals surface area contributed by atoms with Crippen LogP contribution in [0.2, 0.25) is 5.02 Å². The number of aromatic nitrogens is 6. The number of nitrogens with zero attached hydrogens (tertiary/aromatic N) is 7. The summed E-state index contributed by atoms with van der Waals surface area (Å²) >= 11 is 6.25. The third-order valence-corrected chi connectivity index (χ3v) is 9.00. The van der Waals surface area contributed by atoms with E-state index in [2.05, 4.69) is 42.2 Å². The smallest absolute Gasteiger partial charge is 0.309 e. The van der Waals surface area contributed by atoms with E-state index in [0.29, 0.717) is 83.4 Å². The van der Waals surface area contributed by atoms with Crippen LogP contribution in [0.15, 0.2) is 48.8 Å². The number of nitriles is 1. The molecule has 6 rings (SSSR count). The summed E-state index contributed by atoms with van der Waals surface area (Å²) in [7, 11) is 2.95. The molecule has 0 aliphatic carbocycles. The number of tetrazole rings is 1. The molecule has 16 heteroatoms. The highest BCUT2D eigenvalue weighted by Crippen LogP contribution is 2.34. The fourth-order valence-electron chi connectivity index (χ4n) is 6.04. The lowest BCUT2D eigenvalue weighted by Crippen LogP contribution is -2.58. The molecular weight excluding hydrogens is 664 g/mol. The van der Waals surface area contributed by atoms with Crippen LogP contribution in [0.1, 0.15) is 54.4 Å². The van der Waals surface area contributed by atoms with Gasteiger partial charge in [-0.3, -0.25) is 14.4 Å². The number of halogens is 1. The number of rotatable bonds is 8. The number of likely N-dealkylation sites (tertiary alicyclic amines) is 1. The number of benzene rings is 2. The molecule has 50 heavy (non-hydrogen) atoms. The number of esters is 1. The Bertz CT molecular complexity index is 1950. The number of carbonyl (C=O) groups excluding carboxylic acids is 3. The van der Waals surface area contributed by atoms with Gasteiger partial charge >= 0.3 is 5.97 Å². The molecule has 15 nitrogen and oxygen atoms in total. The van der Waals surface area contributed by atoms with Gasteiger partial charge in [-0.2, -0.15) is 9.94 Å². The Morgan fingerprint density at radius 1 is 1.14 bits per heavy atom. The first-order valence-electron chi connectivity index (χ1n) is 16.1. The molecule has 0 spiro atoms. The van der Waals surface area contributed by atoms with Crippen molar-refractivity contribution in [2.45, 2.75) is 50.3 Å². The zero-order valence-corrected chi connectivity index (χ0v) is 28.2. The molecule has 4 heterocycles. The normalized spacial score (nSPS) is 17.8. The van der Waals surface area contributed by atoms with Crippen molar-refractivity contribution >= 4 is 41.1 Å². The molecule has 0 radical (unpaired) electrons. The first-order valence-corrected chi connectivity index (χ1v) is 16.4.